The average molecular weight is 272 g/mol. The van der Waals surface area contributed by atoms with Crippen molar-refractivity contribution in [2.75, 3.05) is 24.7 Å². The van der Waals surface area contributed by atoms with Gasteiger partial charge in [0.1, 0.15) is 5.54 Å². The van der Waals surface area contributed by atoms with Gasteiger partial charge in [-0.1, -0.05) is 0 Å². The first kappa shape index (κ1) is 13.7. The summed E-state index contributed by atoms with van der Waals surface area (Å²) in [7, 11) is 0. The monoisotopic (exact) mass is 272 g/mol. The molecular weight excluding hydrogens is 252 g/mol. The minimum Gasteiger partial charge on any atom is -0.377 e. The van der Waals surface area contributed by atoms with Crippen LogP contribution in [0.15, 0.2) is 0 Å². The van der Waals surface area contributed by atoms with Crippen LogP contribution < -0.4 is 5.32 Å². The number of carbonyl (C=O) groups excluding carboxylic acids is 2. The van der Waals surface area contributed by atoms with Gasteiger partial charge >= 0.3 is 6.03 Å². The van der Waals surface area contributed by atoms with Crippen molar-refractivity contribution in [2.24, 2.45) is 0 Å². The molecule has 2 aliphatic heterocycles. The molecule has 2 saturated heterocycles. The zero-order valence-corrected chi connectivity index (χ0v) is 11.7. The molecule has 0 aromatic rings. The second kappa shape index (κ2) is 5.48. The van der Waals surface area contributed by atoms with Gasteiger partial charge in [-0.15, -0.1) is 0 Å². The van der Waals surface area contributed by atoms with Crippen LogP contribution in [0.5, 0.6) is 0 Å². The van der Waals surface area contributed by atoms with E-state index in [1.807, 2.05) is 0 Å². The van der Waals surface area contributed by atoms with Crippen LogP contribution in [0.4, 0.5) is 4.79 Å². The summed E-state index contributed by atoms with van der Waals surface area (Å²) in [6.45, 7) is 4.80. The molecule has 2 rings (SSSR count). The summed E-state index contributed by atoms with van der Waals surface area (Å²) in [5.74, 6) is 1.59. The lowest BCUT2D eigenvalue weighted by Crippen LogP contribution is -2.40. The van der Waals surface area contributed by atoms with Crippen LogP contribution in [-0.2, 0) is 9.53 Å². The molecule has 0 spiro atoms. The van der Waals surface area contributed by atoms with Gasteiger partial charge in [-0.05, 0) is 26.7 Å². The van der Waals surface area contributed by atoms with Gasteiger partial charge in [0.15, 0.2) is 0 Å². The predicted molar refractivity (Wildman–Crippen MR) is 70.6 cm³/mol. The van der Waals surface area contributed by atoms with E-state index in [9.17, 15) is 9.59 Å². The van der Waals surface area contributed by atoms with E-state index in [2.05, 4.69) is 5.32 Å². The van der Waals surface area contributed by atoms with E-state index >= 15 is 0 Å². The number of ether oxygens (including phenoxy) is 1. The Morgan fingerprint density at radius 1 is 1.50 bits per heavy atom. The Balaban J connectivity index is 1.70. The third-order valence-corrected chi connectivity index (χ3v) is 4.31. The van der Waals surface area contributed by atoms with Crippen LogP contribution in [0.2, 0.25) is 0 Å². The zero-order valence-electron chi connectivity index (χ0n) is 10.9. The number of hydrogen-bond acceptors (Lipinski definition) is 4. The summed E-state index contributed by atoms with van der Waals surface area (Å²) >= 11 is 1.74. The Morgan fingerprint density at radius 2 is 2.28 bits per heavy atom. The standard InChI is InChI=1S/C12H20N2O3S/c1-12(2)10(15)14(11(16)13-12)5-7-18-8-9-4-3-6-17-9/h9H,3-8H2,1-2H3,(H,13,16). The van der Waals surface area contributed by atoms with E-state index in [0.717, 1.165) is 31.0 Å². The van der Waals surface area contributed by atoms with Gasteiger partial charge in [-0.3, -0.25) is 9.69 Å². The highest BCUT2D eigenvalue weighted by Crippen LogP contribution is 2.19. The summed E-state index contributed by atoms with van der Waals surface area (Å²) in [6.07, 6.45) is 2.63. The van der Waals surface area contributed by atoms with Crippen molar-refractivity contribution in [1.29, 1.82) is 0 Å². The largest absolute Gasteiger partial charge is 0.377 e. The van der Waals surface area contributed by atoms with E-state index < -0.39 is 5.54 Å². The Hall–Kier alpha value is -0.750. The zero-order chi connectivity index (χ0) is 13.2. The molecule has 3 amide bonds. The maximum Gasteiger partial charge on any atom is 0.325 e. The summed E-state index contributed by atoms with van der Waals surface area (Å²) in [5.41, 5.74) is -0.754. The highest BCUT2D eigenvalue weighted by atomic mass is 32.2. The third-order valence-electron chi connectivity index (χ3n) is 3.23. The first-order valence-corrected chi connectivity index (χ1v) is 7.49. The minimum absolute atomic E-state index is 0.134. The molecule has 2 aliphatic rings. The smallest absolute Gasteiger partial charge is 0.325 e. The number of rotatable bonds is 5. The Kier molecular flexibility index (Phi) is 4.17. The van der Waals surface area contributed by atoms with Crippen molar-refractivity contribution >= 4 is 23.7 Å². The van der Waals surface area contributed by atoms with Gasteiger partial charge in [-0.25, -0.2) is 4.79 Å². The molecule has 0 saturated carbocycles. The van der Waals surface area contributed by atoms with Crippen molar-refractivity contribution in [3.63, 3.8) is 0 Å². The highest BCUT2D eigenvalue weighted by Gasteiger charge is 2.43. The first-order valence-electron chi connectivity index (χ1n) is 6.34. The molecule has 0 aromatic carbocycles. The highest BCUT2D eigenvalue weighted by molar-refractivity contribution is 7.99. The number of hydrogen-bond donors (Lipinski definition) is 1. The molecular formula is C12H20N2O3S. The van der Waals surface area contributed by atoms with E-state index in [0.29, 0.717) is 12.6 Å². The fraction of sp³-hybridized carbons (Fsp3) is 0.833. The van der Waals surface area contributed by atoms with Crippen molar-refractivity contribution in [1.82, 2.24) is 10.2 Å². The average Bonchev–Trinajstić information content (AvgIpc) is 2.85. The molecule has 0 aromatic heterocycles. The van der Waals surface area contributed by atoms with Gasteiger partial charge in [0.2, 0.25) is 0 Å². The Bertz CT molecular complexity index is 340. The van der Waals surface area contributed by atoms with E-state index in [1.165, 1.54) is 4.90 Å². The molecule has 18 heavy (non-hydrogen) atoms. The molecule has 1 atom stereocenters. The van der Waals surface area contributed by atoms with E-state index in [1.54, 1.807) is 25.6 Å². The van der Waals surface area contributed by atoms with Crippen molar-refractivity contribution in [3.05, 3.63) is 0 Å². The van der Waals surface area contributed by atoms with Crippen molar-refractivity contribution in [3.8, 4) is 0 Å². The van der Waals surface area contributed by atoms with Crippen LogP contribution in [0.25, 0.3) is 0 Å². The topological polar surface area (TPSA) is 58.6 Å². The molecule has 102 valence electrons. The molecule has 0 radical (unpaired) electrons. The van der Waals surface area contributed by atoms with Gasteiger partial charge in [0.05, 0.1) is 6.10 Å². The summed E-state index contributed by atoms with van der Waals surface area (Å²) in [6, 6.07) is -0.275. The summed E-state index contributed by atoms with van der Waals surface area (Å²) in [4.78, 5) is 24.8. The number of urea groups is 1. The lowest BCUT2D eigenvalue weighted by atomic mass is 10.1. The second-order valence-corrected chi connectivity index (χ2v) is 6.37. The second-order valence-electron chi connectivity index (χ2n) is 5.22. The number of nitrogens with one attached hydrogen (secondary N) is 1. The third kappa shape index (κ3) is 2.98. The minimum atomic E-state index is -0.754. The van der Waals surface area contributed by atoms with E-state index in [4.69, 9.17) is 4.74 Å². The Morgan fingerprint density at radius 3 is 2.83 bits per heavy atom. The fourth-order valence-electron chi connectivity index (χ4n) is 2.17. The van der Waals surface area contributed by atoms with Crippen molar-refractivity contribution < 1.29 is 14.3 Å². The quantitative estimate of drug-likeness (QED) is 0.604. The lowest BCUT2D eigenvalue weighted by molar-refractivity contribution is -0.130. The van der Waals surface area contributed by atoms with Crippen LogP contribution >= 0.6 is 11.8 Å². The Labute approximate surface area is 112 Å². The van der Waals surface area contributed by atoms with Crippen LogP contribution in [0.3, 0.4) is 0 Å². The summed E-state index contributed by atoms with van der Waals surface area (Å²) < 4.78 is 5.52. The molecule has 5 nitrogen and oxygen atoms in total. The van der Waals surface area contributed by atoms with Gasteiger partial charge in [-0.2, -0.15) is 11.8 Å². The van der Waals surface area contributed by atoms with Crippen LogP contribution in [0, 0.1) is 0 Å². The number of carbonyl (C=O) groups is 2. The number of amides is 3. The number of thioether (sulfide) groups is 1. The van der Waals surface area contributed by atoms with E-state index in [-0.39, 0.29) is 11.9 Å². The number of imide groups is 1. The molecule has 1 N–H and O–H groups in total. The molecule has 6 heteroatoms. The SMILES string of the molecule is CC1(C)NC(=O)N(CCSCC2CCCO2)C1=O. The molecule has 0 aliphatic carbocycles. The predicted octanol–water partition coefficient (Wildman–Crippen LogP) is 1.23. The number of nitrogens with zero attached hydrogens (tertiary/aromatic N) is 1. The maximum absolute atomic E-state index is 11.9. The van der Waals surface area contributed by atoms with Crippen molar-refractivity contribution in [2.45, 2.75) is 38.3 Å². The molecule has 2 heterocycles. The van der Waals surface area contributed by atoms with Crippen LogP contribution in [0.1, 0.15) is 26.7 Å². The fourth-order valence-corrected chi connectivity index (χ4v) is 3.17. The van der Waals surface area contributed by atoms with Gasteiger partial charge < -0.3 is 10.1 Å². The molecule has 0 bridgehead atoms. The van der Waals surface area contributed by atoms with Crippen LogP contribution in [-0.4, -0.2) is 53.1 Å². The first-order chi connectivity index (χ1) is 8.50. The summed E-state index contributed by atoms with van der Waals surface area (Å²) in [5, 5.41) is 2.68. The van der Waals surface area contributed by atoms with Gasteiger partial charge in [0, 0.05) is 24.7 Å². The normalized spacial score (nSPS) is 26.8. The van der Waals surface area contributed by atoms with Gasteiger partial charge in [0.25, 0.3) is 5.91 Å². The maximum atomic E-state index is 11.9. The lowest BCUT2D eigenvalue weighted by Gasteiger charge is -2.16. The molecule has 2 fully saturated rings. The molecule has 1 unspecified atom stereocenters.